The Labute approximate surface area is 172 Å². The van der Waals surface area contributed by atoms with Gasteiger partial charge in [0.15, 0.2) is 0 Å². The number of morpholine rings is 1. The molecule has 0 radical (unpaired) electrons. The zero-order valence-electron chi connectivity index (χ0n) is 16.0. The molecule has 1 N–H and O–H groups in total. The van der Waals surface area contributed by atoms with E-state index >= 15 is 0 Å². The molecule has 8 nitrogen and oxygen atoms in total. The number of hydrogen-bond acceptors (Lipinski definition) is 5. The lowest BCUT2D eigenvalue weighted by molar-refractivity contribution is -0.125. The normalized spacial score (nSPS) is 19.0. The van der Waals surface area contributed by atoms with Gasteiger partial charge in [-0.15, -0.1) is 0 Å². The van der Waals surface area contributed by atoms with Gasteiger partial charge in [-0.05, 0) is 48.5 Å². The molecule has 2 aliphatic rings. The van der Waals surface area contributed by atoms with E-state index in [1.165, 1.54) is 29.2 Å². The molecule has 2 fully saturated rings. The van der Waals surface area contributed by atoms with Crippen LogP contribution in [0.25, 0.3) is 0 Å². The molecular formula is C21H20FN3O5. The van der Waals surface area contributed by atoms with Crippen molar-refractivity contribution in [2.24, 2.45) is 0 Å². The van der Waals surface area contributed by atoms with Crippen LogP contribution in [0.5, 0.6) is 0 Å². The number of carbonyl (C=O) groups is 3. The van der Waals surface area contributed by atoms with E-state index in [0.29, 0.717) is 24.4 Å². The Morgan fingerprint density at radius 3 is 2.37 bits per heavy atom. The Morgan fingerprint density at radius 2 is 1.70 bits per heavy atom. The molecular weight excluding hydrogens is 393 g/mol. The van der Waals surface area contributed by atoms with Crippen LogP contribution in [0, 0.1) is 5.82 Å². The van der Waals surface area contributed by atoms with E-state index in [2.05, 4.69) is 5.32 Å². The SMILES string of the molecule is O=C(NCC1CN(c2ccc(N3CCOCC3=O)cc2)C(=O)O1)c1ccc(F)cc1. The molecule has 0 aliphatic carbocycles. The van der Waals surface area contributed by atoms with Crippen LogP contribution in [0.3, 0.4) is 0 Å². The standard InChI is InChI=1S/C21H20FN3O5/c22-15-3-1-14(2-4-15)20(27)23-11-18-12-25(21(28)30-18)17-7-5-16(6-8-17)24-9-10-29-13-19(24)26/h1-8,18H,9-13H2,(H,23,27). The zero-order chi connectivity index (χ0) is 21.1. The fourth-order valence-corrected chi connectivity index (χ4v) is 3.35. The molecule has 0 bridgehead atoms. The topological polar surface area (TPSA) is 88.2 Å². The minimum absolute atomic E-state index is 0.0610. The van der Waals surface area contributed by atoms with Crippen molar-refractivity contribution in [2.75, 3.05) is 42.6 Å². The molecule has 1 unspecified atom stereocenters. The van der Waals surface area contributed by atoms with Gasteiger partial charge >= 0.3 is 6.09 Å². The van der Waals surface area contributed by atoms with Crippen molar-refractivity contribution in [2.45, 2.75) is 6.10 Å². The summed E-state index contributed by atoms with van der Waals surface area (Å²) in [5.41, 5.74) is 1.70. The Morgan fingerprint density at radius 1 is 1.03 bits per heavy atom. The maximum atomic E-state index is 13.0. The smallest absolute Gasteiger partial charge is 0.414 e. The predicted octanol–water partition coefficient (Wildman–Crippen LogP) is 1.94. The van der Waals surface area contributed by atoms with Crippen molar-refractivity contribution in [1.29, 1.82) is 0 Å². The summed E-state index contributed by atoms with van der Waals surface area (Å²) >= 11 is 0. The van der Waals surface area contributed by atoms with Crippen LogP contribution in [-0.2, 0) is 14.3 Å². The Balaban J connectivity index is 1.34. The van der Waals surface area contributed by atoms with Gasteiger partial charge in [-0.25, -0.2) is 9.18 Å². The molecule has 0 aromatic heterocycles. The first-order valence-corrected chi connectivity index (χ1v) is 9.51. The summed E-state index contributed by atoms with van der Waals surface area (Å²) < 4.78 is 23.4. The highest BCUT2D eigenvalue weighted by molar-refractivity contribution is 5.96. The highest BCUT2D eigenvalue weighted by atomic mass is 19.1. The largest absolute Gasteiger partial charge is 0.442 e. The zero-order valence-corrected chi connectivity index (χ0v) is 16.0. The van der Waals surface area contributed by atoms with E-state index in [0.717, 1.165) is 5.69 Å². The highest BCUT2D eigenvalue weighted by Crippen LogP contribution is 2.25. The fourth-order valence-electron chi connectivity index (χ4n) is 3.35. The van der Waals surface area contributed by atoms with Gasteiger partial charge in [-0.1, -0.05) is 0 Å². The molecule has 2 heterocycles. The summed E-state index contributed by atoms with van der Waals surface area (Å²) in [7, 11) is 0. The summed E-state index contributed by atoms with van der Waals surface area (Å²) in [6.45, 7) is 1.44. The van der Waals surface area contributed by atoms with Gasteiger partial charge in [0.2, 0.25) is 0 Å². The van der Waals surface area contributed by atoms with Gasteiger partial charge in [0.25, 0.3) is 11.8 Å². The van der Waals surface area contributed by atoms with Crippen LogP contribution in [0.4, 0.5) is 20.6 Å². The lowest BCUT2D eigenvalue weighted by Gasteiger charge is -2.27. The van der Waals surface area contributed by atoms with E-state index in [9.17, 15) is 18.8 Å². The third-order valence-corrected chi connectivity index (χ3v) is 4.93. The summed E-state index contributed by atoms with van der Waals surface area (Å²) in [6.07, 6.45) is -1.02. The number of nitrogens with zero attached hydrogens (tertiary/aromatic N) is 2. The summed E-state index contributed by atoms with van der Waals surface area (Å²) in [6, 6.07) is 12.2. The average molecular weight is 413 g/mol. The summed E-state index contributed by atoms with van der Waals surface area (Å²) in [5.74, 6) is -0.897. The van der Waals surface area contributed by atoms with Gasteiger partial charge < -0.3 is 19.7 Å². The van der Waals surface area contributed by atoms with Gasteiger partial charge in [0, 0.05) is 23.5 Å². The number of amides is 3. The molecule has 9 heteroatoms. The molecule has 0 saturated carbocycles. The van der Waals surface area contributed by atoms with Crippen LogP contribution in [0.1, 0.15) is 10.4 Å². The number of halogens is 1. The van der Waals surface area contributed by atoms with Crippen LogP contribution >= 0.6 is 0 Å². The maximum absolute atomic E-state index is 13.0. The number of cyclic esters (lactones) is 1. The van der Waals surface area contributed by atoms with Gasteiger partial charge in [0.1, 0.15) is 18.5 Å². The van der Waals surface area contributed by atoms with Crippen molar-refractivity contribution < 1.29 is 28.2 Å². The van der Waals surface area contributed by atoms with Crippen molar-refractivity contribution >= 4 is 29.3 Å². The van der Waals surface area contributed by atoms with Crippen molar-refractivity contribution in [3.05, 3.63) is 59.9 Å². The van der Waals surface area contributed by atoms with Crippen LogP contribution < -0.4 is 15.1 Å². The highest BCUT2D eigenvalue weighted by Gasteiger charge is 2.32. The quantitative estimate of drug-likeness (QED) is 0.810. The van der Waals surface area contributed by atoms with E-state index < -0.39 is 18.0 Å². The van der Waals surface area contributed by atoms with Gasteiger partial charge in [0.05, 0.1) is 19.7 Å². The van der Waals surface area contributed by atoms with Crippen LogP contribution in [0.15, 0.2) is 48.5 Å². The Kier molecular flexibility index (Phi) is 5.62. The van der Waals surface area contributed by atoms with Crippen molar-refractivity contribution in [1.82, 2.24) is 5.32 Å². The molecule has 3 amide bonds. The molecule has 156 valence electrons. The minimum Gasteiger partial charge on any atom is -0.442 e. The molecule has 2 saturated heterocycles. The Bertz CT molecular complexity index is 948. The van der Waals surface area contributed by atoms with Crippen LogP contribution in [0.2, 0.25) is 0 Å². The first kappa shape index (κ1) is 19.8. The Hall–Kier alpha value is -3.46. The third-order valence-electron chi connectivity index (χ3n) is 4.93. The molecule has 0 spiro atoms. The second-order valence-electron chi connectivity index (χ2n) is 6.95. The van der Waals surface area contributed by atoms with Gasteiger partial charge in [-0.3, -0.25) is 14.5 Å². The van der Waals surface area contributed by atoms with Crippen molar-refractivity contribution in [3.63, 3.8) is 0 Å². The molecule has 30 heavy (non-hydrogen) atoms. The monoisotopic (exact) mass is 413 g/mol. The van der Waals surface area contributed by atoms with Gasteiger partial charge in [-0.2, -0.15) is 0 Å². The molecule has 2 aromatic carbocycles. The third kappa shape index (κ3) is 4.25. The summed E-state index contributed by atoms with van der Waals surface area (Å²) in [5, 5.41) is 2.69. The average Bonchev–Trinajstić information content (AvgIpc) is 3.13. The molecule has 1 atom stereocenters. The number of rotatable bonds is 5. The molecule has 2 aliphatic heterocycles. The number of benzene rings is 2. The number of nitrogens with one attached hydrogen (secondary N) is 1. The lowest BCUT2D eigenvalue weighted by atomic mass is 10.2. The maximum Gasteiger partial charge on any atom is 0.414 e. The van der Waals surface area contributed by atoms with E-state index in [1.807, 2.05) is 0 Å². The van der Waals surface area contributed by atoms with E-state index in [1.54, 1.807) is 29.2 Å². The van der Waals surface area contributed by atoms with E-state index in [-0.39, 0.29) is 31.5 Å². The fraction of sp³-hybridized carbons (Fsp3) is 0.286. The second kappa shape index (κ2) is 8.50. The van der Waals surface area contributed by atoms with Crippen LogP contribution in [-0.4, -0.2) is 56.9 Å². The lowest BCUT2D eigenvalue weighted by Crippen LogP contribution is -2.41. The number of ether oxygens (including phenoxy) is 2. The van der Waals surface area contributed by atoms with Crippen molar-refractivity contribution in [3.8, 4) is 0 Å². The predicted molar refractivity (Wildman–Crippen MR) is 106 cm³/mol. The number of anilines is 2. The number of carbonyl (C=O) groups excluding carboxylic acids is 3. The molecule has 2 aromatic rings. The molecule has 4 rings (SSSR count). The van der Waals surface area contributed by atoms with E-state index in [4.69, 9.17) is 9.47 Å². The first-order valence-electron chi connectivity index (χ1n) is 9.51. The number of hydrogen-bond donors (Lipinski definition) is 1. The minimum atomic E-state index is -0.512. The summed E-state index contributed by atoms with van der Waals surface area (Å²) in [4.78, 5) is 39.4. The first-order chi connectivity index (χ1) is 14.5. The second-order valence-corrected chi connectivity index (χ2v) is 6.95.